The number of ether oxygens (including phenoxy) is 2. The summed E-state index contributed by atoms with van der Waals surface area (Å²) < 4.78 is 10.4. The average Bonchev–Trinajstić information content (AvgIpc) is 1.78. The van der Waals surface area contributed by atoms with Crippen LogP contribution >= 0.6 is 0 Å². The Balaban J connectivity index is 2.55. The van der Waals surface area contributed by atoms with E-state index in [9.17, 15) is 5.11 Å². The summed E-state index contributed by atoms with van der Waals surface area (Å²) >= 11 is 0. The summed E-state index contributed by atoms with van der Waals surface area (Å²) in [6, 6.07) is 0. The molecule has 0 aliphatic carbocycles. The molecule has 0 amide bonds. The lowest BCUT2D eigenvalue weighted by Crippen LogP contribution is -2.49. The van der Waals surface area contributed by atoms with Crippen LogP contribution in [-0.2, 0) is 9.47 Å². The van der Waals surface area contributed by atoms with E-state index >= 15 is 0 Å². The second-order valence-electron chi connectivity index (χ2n) is 3.22. The number of hydrogen-bond donors (Lipinski definition) is 1. The Kier molecular flexibility index (Phi) is 1.99. The van der Waals surface area contributed by atoms with Crippen molar-refractivity contribution in [1.82, 2.24) is 0 Å². The van der Waals surface area contributed by atoms with Crippen LogP contribution in [0.15, 0.2) is 0 Å². The summed E-state index contributed by atoms with van der Waals surface area (Å²) in [6.45, 7) is 6.03. The van der Waals surface area contributed by atoms with Gasteiger partial charge in [-0.15, -0.1) is 0 Å². The van der Waals surface area contributed by atoms with Crippen molar-refractivity contribution in [3.63, 3.8) is 0 Å². The molecule has 3 heteroatoms. The maximum Gasteiger partial charge on any atom is 0.183 e. The summed E-state index contributed by atoms with van der Waals surface area (Å²) in [4.78, 5) is 0. The maximum absolute atomic E-state index is 9.21. The van der Waals surface area contributed by atoms with Crippen LogP contribution < -0.4 is 0 Å². The molecule has 1 aliphatic heterocycles. The summed E-state index contributed by atoms with van der Waals surface area (Å²) in [5.74, 6) is 0. The first kappa shape index (κ1) is 7.98. The zero-order valence-electron chi connectivity index (χ0n) is 6.63. The highest BCUT2D eigenvalue weighted by Crippen LogP contribution is 2.22. The molecule has 1 N–H and O–H groups in total. The lowest BCUT2D eigenvalue weighted by molar-refractivity contribution is -0.286. The Morgan fingerprint density at radius 3 is 2.50 bits per heavy atom. The van der Waals surface area contributed by atoms with Crippen molar-refractivity contribution >= 4 is 0 Å². The molecule has 0 aromatic heterocycles. The first-order valence-corrected chi connectivity index (χ1v) is 3.50. The van der Waals surface area contributed by atoms with Crippen molar-refractivity contribution in [1.29, 1.82) is 0 Å². The second kappa shape index (κ2) is 2.49. The smallest absolute Gasteiger partial charge is 0.183 e. The van der Waals surface area contributed by atoms with Gasteiger partial charge in [0.15, 0.2) is 6.29 Å². The zero-order valence-corrected chi connectivity index (χ0v) is 6.63. The standard InChI is InChI=1S/C7H14O3/c1-5-4-9-6(8)7(2,3)10-5/h5-6,8H,4H2,1-3H3. The first-order valence-electron chi connectivity index (χ1n) is 3.50. The maximum atomic E-state index is 9.21. The molecule has 0 bridgehead atoms. The highest BCUT2D eigenvalue weighted by molar-refractivity contribution is 4.77. The minimum atomic E-state index is -0.788. The van der Waals surface area contributed by atoms with Crippen LogP contribution in [0.2, 0.25) is 0 Å². The zero-order chi connectivity index (χ0) is 7.78. The molecule has 0 aromatic rings. The van der Waals surface area contributed by atoms with Crippen molar-refractivity contribution in [2.45, 2.75) is 38.8 Å². The molecule has 1 rings (SSSR count). The van der Waals surface area contributed by atoms with Crippen LogP contribution in [0.1, 0.15) is 20.8 Å². The van der Waals surface area contributed by atoms with E-state index in [0.29, 0.717) is 6.61 Å². The van der Waals surface area contributed by atoms with Crippen molar-refractivity contribution < 1.29 is 14.6 Å². The van der Waals surface area contributed by atoms with Gasteiger partial charge in [-0.1, -0.05) is 0 Å². The van der Waals surface area contributed by atoms with Gasteiger partial charge in [-0.2, -0.15) is 0 Å². The van der Waals surface area contributed by atoms with Crippen LogP contribution in [0, 0.1) is 0 Å². The molecule has 0 aromatic carbocycles. The third kappa shape index (κ3) is 1.48. The van der Waals surface area contributed by atoms with Gasteiger partial charge in [0.25, 0.3) is 0 Å². The molecule has 1 aliphatic rings. The Bertz CT molecular complexity index is 122. The second-order valence-corrected chi connectivity index (χ2v) is 3.22. The van der Waals surface area contributed by atoms with Crippen LogP contribution in [0.5, 0.6) is 0 Å². The fraction of sp³-hybridized carbons (Fsp3) is 1.00. The van der Waals surface area contributed by atoms with Gasteiger partial charge in [0.1, 0.15) is 5.60 Å². The van der Waals surface area contributed by atoms with Crippen molar-refractivity contribution in [2.75, 3.05) is 6.61 Å². The quantitative estimate of drug-likeness (QED) is 0.541. The lowest BCUT2D eigenvalue weighted by atomic mass is 10.1. The minimum absolute atomic E-state index is 0.0819. The van der Waals surface area contributed by atoms with E-state index in [0.717, 1.165) is 0 Å². The highest BCUT2D eigenvalue weighted by atomic mass is 16.7. The van der Waals surface area contributed by atoms with Crippen LogP contribution in [0.4, 0.5) is 0 Å². The highest BCUT2D eigenvalue weighted by Gasteiger charge is 2.35. The summed E-state index contributed by atoms with van der Waals surface area (Å²) in [7, 11) is 0. The molecule has 1 fully saturated rings. The molecule has 10 heavy (non-hydrogen) atoms. The molecule has 0 saturated carbocycles. The molecule has 2 unspecified atom stereocenters. The third-order valence-corrected chi connectivity index (χ3v) is 1.59. The number of hydrogen-bond acceptors (Lipinski definition) is 3. The van der Waals surface area contributed by atoms with E-state index < -0.39 is 11.9 Å². The molecule has 60 valence electrons. The molecular weight excluding hydrogens is 132 g/mol. The van der Waals surface area contributed by atoms with Gasteiger partial charge in [0.2, 0.25) is 0 Å². The fourth-order valence-corrected chi connectivity index (χ4v) is 1.04. The monoisotopic (exact) mass is 146 g/mol. The third-order valence-electron chi connectivity index (χ3n) is 1.59. The lowest BCUT2D eigenvalue weighted by Gasteiger charge is -2.38. The number of aliphatic hydroxyl groups excluding tert-OH is 1. The van der Waals surface area contributed by atoms with Crippen molar-refractivity contribution in [2.24, 2.45) is 0 Å². The molecule has 1 saturated heterocycles. The summed E-state index contributed by atoms with van der Waals surface area (Å²) in [5.41, 5.74) is -0.558. The van der Waals surface area contributed by atoms with Gasteiger partial charge >= 0.3 is 0 Å². The van der Waals surface area contributed by atoms with Gasteiger partial charge in [-0.3, -0.25) is 0 Å². The van der Waals surface area contributed by atoms with E-state index in [1.54, 1.807) is 0 Å². The average molecular weight is 146 g/mol. The predicted molar refractivity (Wildman–Crippen MR) is 36.6 cm³/mol. The van der Waals surface area contributed by atoms with Gasteiger partial charge < -0.3 is 14.6 Å². The Hall–Kier alpha value is -0.120. The topological polar surface area (TPSA) is 38.7 Å². The first-order chi connectivity index (χ1) is 4.52. The summed E-state index contributed by atoms with van der Waals surface area (Å²) in [6.07, 6.45) is -0.706. The van der Waals surface area contributed by atoms with E-state index in [4.69, 9.17) is 9.47 Å². The Morgan fingerprint density at radius 2 is 2.10 bits per heavy atom. The Morgan fingerprint density at radius 1 is 1.50 bits per heavy atom. The molecule has 2 atom stereocenters. The van der Waals surface area contributed by atoms with Crippen molar-refractivity contribution in [3.8, 4) is 0 Å². The van der Waals surface area contributed by atoms with E-state index in [-0.39, 0.29) is 6.10 Å². The number of rotatable bonds is 0. The van der Waals surface area contributed by atoms with Crippen LogP contribution in [0.25, 0.3) is 0 Å². The van der Waals surface area contributed by atoms with Crippen LogP contribution in [-0.4, -0.2) is 29.7 Å². The Labute approximate surface area is 60.9 Å². The van der Waals surface area contributed by atoms with E-state index in [1.807, 2.05) is 20.8 Å². The van der Waals surface area contributed by atoms with Crippen LogP contribution in [0.3, 0.4) is 0 Å². The van der Waals surface area contributed by atoms with Gasteiger partial charge in [-0.05, 0) is 20.8 Å². The van der Waals surface area contributed by atoms with Gasteiger partial charge in [0.05, 0.1) is 12.7 Å². The SMILES string of the molecule is CC1COC(O)C(C)(C)O1. The van der Waals surface area contributed by atoms with E-state index in [1.165, 1.54) is 0 Å². The minimum Gasteiger partial charge on any atom is -0.366 e. The molecule has 0 radical (unpaired) electrons. The fourth-order valence-electron chi connectivity index (χ4n) is 1.04. The normalized spacial score (nSPS) is 39.6. The molecule has 3 nitrogen and oxygen atoms in total. The molecule has 1 heterocycles. The van der Waals surface area contributed by atoms with Crippen molar-refractivity contribution in [3.05, 3.63) is 0 Å². The number of aliphatic hydroxyl groups is 1. The molecular formula is C7H14O3. The van der Waals surface area contributed by atoms with Gasteiger partial charge in [0, 0.05) is 0 Å². The largest absolute Gasteiger partial charge is 0.366 e. The van der Waals surface area contributed by atoms with Gasteiger partial charge in [-0.25, -0.2) is 0 Å². The summed E-state index contributed by atoms with van der Waals surface area (Å²) in [5, 5.41) is 9.21. The molecule has 0 spiro atoms. The van der Waals surface area contributed by atoms with E-state index in [2.05, 4.69) is 0 Å². The predicted octanol–water partition coefficient (Wildman–Crippen LogP) is 0.519.